The minimum Gasteiger partial charge on any atom is -0.482 e. The highest BCUT2D eigenvalue weighted by molar-refractivity contribution is 6.01. The van der Waals surface area contributed by atoms with Crippen LogP contribution in [0.5, 0.6) is 5.75 Å². The Morgan fingerprint density at radius 1 is 1.35 bits per heavy atom. The molecule has 6 heteroatoms. The van der Waals surface area contributed by atoms with Gasteiger partial charge in [-0.05, 0) is 37.0 Å². The fraction of sp³-hybridized carbons (Fsp3) is 0.353. The minimum atomic E-state index is -0.371. The number of carbonyl (C=O) groups excluding carboxylic acids is 3. The van der Waals surface area contributed by atoms with Crippen LogP contribution in [0.3, 0.4) is 0 Å². The van der Waals surface area contributed by atoms with Gasteiger partial charge in [-0.15, -0.1) is 0 Å². The van der Waals surface area contributed by atoms with Crippen LogP contribution in [0.1, 0.15) is 29.6 Å². The summed E-state index contributed by atoms with van der Waals surface area (Å²) in [5.41, 5.74) is 0.817. The highest BCUT2D eigenvalue weighted by Gasteiger charge is 2.19. The van der Waals surface area contributed by atoms with Crippen molar-refractivity contribution >= 4 is 23.3 Å². The van der Waals surface area contributed by atoms with Crippen molar-refractivity contribution < 1.29 is 23.9 Å². The molecule has 23 heavy (non-hydrogen) atoms. The molecule has 6 nitrogen and oxygen atoms in total. The summed E-state index contributed by atoms with van der Waals surface area (Å²) in [6.45, 7) is -0.337. The summed E-state index contributed by atoms with van der Waals surface area (Å²) in [6, 6.07) is 4.74. The smallest absolute Gasteiger partial charge is 0.306 e. The molecule has 2 aliphatic rings. The number of fused-ring (bicyclic) bond motifs is 1. The first-order chi connectivity index (χ1) is 11.1. The normalized spacial score (nSPS) is 18.8. The zero-order valence-electron chi connectivity index (χ0n) is 12.5. The molecule has 0 saturated heterocycles. The number of esters is 1. The van der Waals surface area contributed by atoms with Gasteiger partial charge in [-0.25, -0.2) is 0 Å². The van der Waals surface area contributed by atoms with Gasteiger partial charge in [0.1, 0.15) is 5.75 Å². The standard InChI is InChI=1S/C17H17NO5/c19-14(9-23-17(21)7-11-3-1-2-4-11)12-5-6-15-13(8-12)18-16(20)10-22-15/h1,3,5-6,8,11H,2,4,7,9-10H2,(H,18,20)/t11-/m1/s1. The highest BCUT2D eigenvalue weighted by atomic mass is 16.5. The summed E-state index contributed by atoms with van der Waals surface area (Å²) in [6.07, 6.45) is 6.30. The zero-order chi connectivity index (χ0) is 16.2. The van der Waals surface area contributed by atoms with Crippen molar-refractivity contribution in [1.82, 2.24) is 0 Å². The van der Waals surface area contributed by atoms with Crippen LogP contribution in [0.15, 0.2) is 30.4 Å². The van der Waals surface area contributed by atoms with Gasteiger partial charge in [-0.1, -0.05) is 12.2 Å². The second kappa shape index (κ2) is 6.64. The number of Topliss-reactive ketones (excluding diaryl/α,β-unsaturated/α-hetero) is 1. The number of rotatable bonds is 5. The molecular formula is C17H17NO5. The van der Waals surface area contributed by atoms with Crippen LogP contribution in [-0.2, 0) is 14.3 Å². The van der Waals surface area contributed by atoms with Gasteiger partial charge < -0.3 is 14.8 Å². The van der Waals surface area contributed by atoms with E-state index in [4.69, 9.17) is 9.47 Å². The zero-order valence-corrected chi connectivity index (χ0v) is 12.5. The molecule has 0 aromatic heterocycles. The molecular weight excluding hydrogens is 298 g/mol. The molecule has 3 rings (SSSR count). The third kappa shape index (κ3) is 3.77. The molecule has 0 spiro atoms. The molecule has 0 fully saturated rings. The number of ketones is 1. The van der Waals surface area contributed by atoms with E-state index in [9.17, 15) is 14.4 Å². The molecule has 1 aliphatic carbocycles. The summed E-state index contributed by atoms with van der Waals surface area (Å²) < 4.78 is 10.3. The molecule has 1 aromatic carbocycles. The summed E-state index contributed by atoms with van der Waals surface area (Å²) >= 11 is 0. The molecule has 0 saturated carbocycles. The van der Waals surface area contributed by atoms with Crippen LogP contribution in [0, 0.1) is 5.92 Å². The second-order valence-electron chi connectivity index (χ2n) is 5.60. The predicted molar refractivity (Wildman–Crippen MR) is 82.3 cm³/mol. The molecule has 1 aromatic rings. The first kappa shape index (κ1) is 15.3. The van der Waals surface area contributed by atoms with Crippen molar-refractivity contribution in [3.05, 3.63) is 35.9 Å². The molecule has 0 unspecified atom stereocenters. The third-order valence-electron chi connectivity index (χ3n) is 3.84. The second-order valence-corrected chi connectivity index (χ2v) is 5.60. The molecule has 1 heterocycles. The number of hydrogen-bond donors (Lipinski definition) is 1. The summed E-state index contributed by atoms with van der Waals surface area (Å²) in [7, 11) is 0. The van der Waals surface area contributed by atoms with Gasteiger partial charge in [-0.2, -0.15) is 0 Å². The van der Waals surface area contributed by atoms with Crippen LogP contribution in [-0.4, -0.2) is 30.9 Å². The quantitative estimate of drug-likeness (QED) is 0.511. The molecule has 0 bridgehead atoms. The van der Waals surface area contributed by atoms with Crippen LogP contribution in [0.25, 0.3) is 0 Å². The van der Waals surface area contributed by atoms with Gasteiger partial charge in [0.25, 0.3) is 5.91 Å². The number of ether oxygens (including phenoxy) is 2. The first-order valence-corrected chi connectivity index (χ1v) is 7.54. The highest BCUT2D eigenvalue weighted by Crippen LogP contribution is 2.28. The number of hydrogen-bond acceptors (Lipinski definition) is 5. The maximum atomic E-state index is 12.1. The van der Waals surface area contributed by atoms with Gasteiger partial charge >= 0.3 is 5.97 Å². The maximum Gasteiger partial charge on any atom is 0.306 e. The van der Waals surface area contributed by atoms with Crippen LogP contribution < -0.4 is 10.1 Å². The first-order valence-electron chi connectivity index (χ1n) is 7.54. The summed E-state index contributed by atoms with van der Waals surface area (Å²) in [5, 5.41) is 2.64. The molecule has 1 amide bonds. The van der Waals surface area contributed by atoms with E-state index < -0.39 is 0 Å². The lowest BCUT2D eigenvalue weighted by molar-refractivity contribution is -0.143. The lowest BCUT2D eigenvalue weighted by Gasteiger charge is -2.18. The number of amides is 1. The maximum absolute atomic E-state index is 12.1. The van der Waals surface area contributed by atoms with E-state index in [1.54, 1.807) is 12.1 Å². The Morgan fingerprint density at radius 3 is 3.00 bits per heavy atom. The van der Waals surface area contributed by atoms with Crippen molar-refractivity contribution in [3.8, 4) is 5.75 Å². The fourth-order valence-electron chi connectivity index (χ4n) is 2.62. The van der Waals surface area contributed by atoms with E-state index >= 15 is 0 Å². The minimum absolute atomic E-state index is 0.0342. The predicted octanol–water partition coefficient (Wildman–Crippen LogP) is 2.10. The molecule has 1 aliphatic heterocycles. The summed E-state index contributed by atoms with van der Waals surface area (Å²) in [5.74, 6) is -0.217. The molecule has 1 atom stereocenters. The number of anilines is 1. The van der Waals surface area contributed by atoms with Crippen LogP contribution >= 0.6 is 0 Å². The summed E-state index contributed by atoms with van der Waals surface area (Å²) in [4.78, 5) is 35.1. The van der Waals surface area contributed by atoms with Gasteiger partial charge in [0.2, 0.25) is 0 Å². The average molecular weight is 315 g/mol. The Labute approximate surface area is 133 Å². The van der Waals surface area contributed by atoms with Crippen molar-refractivity contribution in [2.24, 2.45) is 5.92 Å². The number of allylic oxidation sites excluding steroid dienone is 2. The van der Waals surface area contributed by atoms with Gasteiger partial charge in [0, 0.05) is 5.56 Å². The monoisotopic (exact) mass is 315 g/mol. The van der Waals surface area contributed by atoms with Crippen molar-refractivity contribution in [2.45, 2.75) is 19.3 Å². The van der Waals surface area contributed by atoms with E-state index in [2.05, 4.69) is 5.32 Å². The van der Waals surface area contributed by atoms with Crippen molar-refractivity contribution in [3.63, 3.8) is 0 Å². The van der Waals surface area contributed by atoms with E-state index in [0.29, 0.717) is 23.4 Å². The third-order valence-corrected chi connectivity index (χ3v) is 3.84. The van der Waals surface area contributed by atoms with E-state index in [1.165, 1.54) is 6.07 Å². The SMILES string of the molecule is O=C1COc2ccc(C(=O)COC(=O)C[C@@H]3C=CCC3)cc2N1. The van der Waals surface area contributed by atoms with Crippen molar-refractivity contribution in [1.29, 1.82) is 0 Å². The molecule has 0 radical (unpaired) electrons. The van der Waals surface area contributed by atoms with Crippen LogP contribution in [0.4, 0.5) is 5.69 Å². The van der Waals surface area contributed by atoms with E-state index in [-0.39, 0.29) is 36.8 Å². The lowest BCUT2D eigenvalue weighted by atomic mass is 10.1. The fourth-order valence-corrected chi connectivity index (χ4v) is 2.62. The molecule has 1 N–H and O–H groups in total. The Morgan fingerprint density at radius 2 is 2.22 bits per heavy atom. The number of benzene rings is 1. The number of carbonyl (C=O) groups is 3. The van der Waals surface area contributed by atoms with Gasteiger partial charge in [-0.3, -0.25) is 14.4 Å². The Bertz CT molecular complexity index is 680. The Balaban J connectivity index is 1.55. The topological polar surface area (TPSA) is 81.7 Å². The van der Waals surface area contributed by atoms with Crippen molar-refractivity contribution in [2.75, 3.05) is 18.5 Å². The number of nitrogens with one attached hydrogen (secondary N) is 1. The Kier molecular flexibility index (Phi) is 4.41. The molecule has 120 valence electrons. The lowest BCUT2D eigenvalue weighted by Crippen LogP contribution is -2.25. The largest absolute Gasteiger partial charge is 0.482 e. The van der Waals surface area contributed by atoms with E-state index in [1.807, 2.05) is 12.2 Å². The Hall–Kier alpha value is -2.63. The van der Waals surface area contributed by atoms with E-state index in [0.717, 1.165) is 12.8 Å². The van der Waals surface area contributed by atoms with Gasteiger partial charge in [0.05, 0.1) is 12.1 Å². The van der Waals surface area contributed by atoms with Crippen LogP contribution in [0.2, 0.25) is 0 Å². The average Bonchev–Trinajstić information content (AvgIpc) is 3.04. The van der Waals surface area contributed by atoms with Gasteiger partial charge in [0.15, 0.2) is 19.0 Å².